The van der Waals surface area contributed by atoms with E-state index in [2.05, 4.69) is 11.8 Å². The number of hydrogen-bond acceptors (Lipinski definition) is 4. The highest BCUT2D eigenvalue weighted by Gasteiger charge is 2.27. The Hall–Kier alpha value is -1.20. The van der Waals surface area contributed by atoms with Gasteiger partial charge in [0.05, 0.1) is 6.04 Å². The summed E-state index contributed by atoms with van der Waals surface area (Å²) >= 11 is 1.96. The van der Waals surface area contributed by atoms with Crippen LogP contribution in [0.15, 0.2) is 24.3 Å². The molecule has 1 saturated heterocycles. The average molecular weight is 322 g/mol. The van der Waals surface area contributed by atoms with Crippen molar-refractivity contribution in [1.29, 1.82) is 0 Å². The summed E-state index contributed by atoms with van der Waals surface area (Å²) in [6, 6.07) is 7.30. The van der Waals surface area contributed by atoms with Crippen LogP contribution in [0, 0.1) is 0 Å². The average Bonchev–Trinajstić information content (AvgIpc) is 2.55. The number of benzene rings is 1. The molecule has 0 saturated carbocycles. The number of hydrogen-bond donors (Lipinski definition) is 1. The lowest BCUT2D eigenvalue weighted by Gasteiger charge is -2.35. The highest BCUT2D eigenvalue weighted by atomic mass is 32.2. The van der Waals surface area contributed by atoms with Gasteiger partial charge >= 0.3 is 0 Å². The van der Waals surface area contributed by atoms with Gasteiger partial charge in [-0.1, -0.05) is 12.1 Å². The van der Waals surface area contributed by atoms with E-state index >= 15 is 0 Å². The number of rotatable bonds is 5. The lowest BCUT2D eigenvalue weighted by Crippen LogP contribution is -2.51. The van der Waals surface area contributed by atoms with Crippen molar-refractivity contribution in [3.8, 4) is 5.75 Å². The van der Waals surface area contributed by atoms with Gasteiger partial charge < -0.3 is 10.0 Å². The quantitative estimate of drug-likeness (QED) is 0.903. The lowest BCUT2D eigenvalue weighted by molar-refractivity contribution is -0.136. The van der Waals surface area contributed by atoms with Gasteiger partial charge in [-0.05, 0) is 38.0 Å². The molecule has 2 rings (SSSR count). The lowest BCUT2D eigenvalue weighted by atomic mass is 10.1. The van der Waals surface area contributed by atoms with E-state index in [1.54, 1.807) is 12.1 Å². The van der Waals surface area contributed by atoms with E-state index in [-0.39, 0.29) is 23.7 Å². The van der Waals surface area contributed by atoms with E-state index < -0.39 is 0 Å². The molecule has 0 spiro atoms. The molecule has 1 aromatic carbocycles. The first kappa shape index (κ1) is 17.2. The number of carbonyl (C=O) groups excluding carboxylic acids is 1. The molecule has 1 fully saturated rings. The molecule has 5 heteroatoms. The van der Waals surface area contributed by atoms with E-state index in [4.69, 9.17) is 0 Å². The van der Waals surface area contributed by atoms with E-state index in [1.165, 1.54) is 0 Å². The summed E-state index contributed by atoms with van der Waals surface area (Å²) in [6.45, 7) is 6.08. The predicted molar refractivity (Wildman–Crippen MR) is 92.4 cm³/mol. The van der Waals surface area contributed by atoms with Gasteiger partial charge in [-0.3, -0.25) is 9.69 Å². The largest absolute Gasteiger partial charge is 0.508 e. The van der Waals surface area contributed by atoms with Gasteiger partial charge in [-0.2, -0.15) is 11.8 Å². The number of phenolic OH excluding ortho intramolecular Hbond substituents is 1. The molecule has 1 aliphatic rings. The van der Waals surface area contributed by atoms with Crippen molar-refractivity contribution < 1.29 is 9.90 Å². The Morgan fingerprint density at radius 3 is 2.45 bits per heavy atom. The van der Waals surface area contributed by atoms with Gasteiger partial charge in [0.25, 0.3) is 0 Å². The zero-order chi connectivity index (χ0) is 16.1. The van der Waals surface area contributed by atoms with Crippen LogP contribution in [-0.4, -0.2) is 64.5 Å². The summed E-state index contributed by atoms with van der Waals surface area (Å²) in [6.07, 6.45) is 0.797. The topological polar surface area (TPSA) is 43.8 Å². The first-order valence-electron chi connectivity index (χ1n) is 7.85. The summed E-state index contributed by atoms with van der Waals surface area (Å²) in [5, 5.41) is 9.33. The van der Waals surface area contributed by atoms with Gasteiger partial charge in [0.1, 0.15) is 5.75 Å². The standard InChI is InChI=1S/C17H26N2O2S/c1-13(12-15-4-6-16(20)7-5-15)18(3)17(21)14(2)19-8-10-22-11-9-19/h4-7,13-14,20H,8-12H2,1-3H3/t13-,14-/m1/s1. The van der Waals surface area contributed by atoms with Crippen molar-refractivity contribution in [2.24, 2.45) is 0 Å². The van der Waals surface area contributed by atoms with Gasteiger partial charge in [0, 0.05) is 37.7 Å². The van der Waals surface area contributed by atoms with Gasteiger partial charge in [-0.25, -0.2) is 0 Å². The van der Waals surface area contributed by atoms with Crippen molar-refractivity contribution in [3.63, 3.8) is 0 Å². The molecule has 0 aliphatic carbocycles. The van der Waals surface area contributed by atoms with Crippen molar-refractivity contribution in [2.75, 3.05) is 31.6 Å². The summed E-state index contributed by atoms with van der Waals surface area (Å²) < 4.78 is 0. The SMILES string of the molecule is C[C@H](C(=O)N(C)[C@H](C)Cc1ccc(O)cc1)N1CCSCC1. The van der Waals surface area contributed by atoms with E-state index in [9.17, 15) is 9.90 Å². The van der Waals surface area contributed by atoms with Crippen LogP contribution >= 0.6 is 11.8 Å². The molecule has 0 aromatic heterocycles. The van der Waals surface area contributed by atoms with Crippen LogP contribution in [0.1, 0.15) is 19.4 Å². The number of aromatic hydroxyl groups is 1. The van der Waals surface area contributed by atoms with E-state index in [0.717, 1.165) is 36.6 Å². The molecule has 4 nitrogen and oxygen atoms in total. The molecular weight excluding hydrogens is 296 g/mol. The molecule has 1 aromatic rings. The van der Waals surface area contributed by atoms with Crippen LogP contribution in [0.5, 0.6) is 5.75 Å². The molecule has 2 atom stereocenters. The van der Waals surface area contributed by atoms with Crippen molar-refractivity contribution in [3.05, 3.63) is 29.8 Å². The molecule has 122 valence electrons. The third-order valence-electron chi connectivity index (χ3n) is 4.43. The zero-order valence-corrected chi connectivity index (χ0v) is 14.5. The maximum atomic E-state index is 12.7. The third kappa shape index (κ3) is 4.40. The number of carbonyl (C=O) groups is 1. The fraction of sp³-hybridized carbons (Fsp3) is 0.588. The number of phenols is 1. The van der Waals surface area contributed by atoms with Gasteiger partial charge in [-0.15, -0.1) is 0 Å². The number of amides is 1. The summed E-state index contributed by atoms with van der Waals surface area (Å²) in [5.74, 6) is 2.70. The van der Waals surface area contributed by atoms with Crippen LogP contribution in [0.2, 0.25) is 0 Å². The maximum absolute atomic E-state index is 12.7. The second-order valence-corrected chi connectivity index (χ2v) is 7.22. The Morgan fingerprint density at radius 1 is 1.27 bits per heavy atom. The Balaban J connectivity index is 1.92. The summed E-state index contributed by atoms with van der Waals surface area (Å²) in [4.78, 5) is 16.8. The zero-order valence-electron chi connectivity index (χ0n) is 13.7. The molecule has 1 heterocycles. The van der Waals surface area contributed by atoms with Crippen molar-refractivity contribution in [2.45, 2.75) is 32.4 Å². The predicted octanol–water partition coefficient (Wildman–Crippen LogP) is 2.22. The molecule has 0 unspecified atom stereocenters. The third-order valence-corrected chi connectivity index (χ3v) is 5.37. The molecule has 1 aliphatic heterocycles. The van der Waals surface area contributed by atoms with Crippen molar-refractivity contribution in [1.82, 2.24) is 9.80 Å². The Kier molecular flexibility index (Phi) is 6.15. The molecule has 1 amide bonds. The minimum atomic E-state index is -0.0480. The maximum Gasteiger partial charge on any atom is 0.239 e. The Morgan fingerprint density at radius 2 is 1.86 bits per heavy atom. The highest BCUT2D eigenvalue weighted by Crippen LogP contribution is 2.16. The molecule has 22 heavy (non-hydrogen) atoms. The molecule has 0 bridgehead atoms. The minimum Gasteiger partial charge on any atom is -0.508 e. The molecule has 0 radical (unpaired) electrons. The smallest absolute Gasteiger partial charge is 0.239 e. The Labute approximate surface area is 137 Å². The Bertz CT molecular complexity index is 486. The highest BCUT2D eigenvalue weighted by molar-refractivity contribution is 7.99. The molecular formula is C17H26N2O2S. The van der Waals surface area contributed by atoms with E-state index in [0.29, 0.717) is 0 Å². The minimum absolute atomic E-state index is 0.0480. The van der Waals surface area contributed by atoms with Crippen LogP contribution in [0.25, 0.3) is 0 Å². The van der Waals surface area contributed by atoms with Crippen molar-refractivity contribution >= 4 is 17.7 Å². The second kappa shape index (κ2) is 7.88. The molecule has 1 N–H and O–H groups in total. The van der Waals surface area contributed by atoms with E-state index in [1.807, 2.05) is 42.8 Å². The van der Waals surface area contributed by atoms with Crippen LogP contribution in [0.3, 0.4) is 0 Å². The van der Waals surface area contributed by atoms with Crippen LogP contribution in [-0.2, 0) is 11.2 Å². The van der Waals surface area contributed by atoms with Gasteiger partial charge in [0.2, 0.25) is 5.91 Å². The number of thioether (sulfide) groups is 1. The summed E-state index contributed by atoms with van der Waals surface area (Å²) in [5.41, 5.74) is 1.13. The normalized spacial score (nSPS) is 18.7. The first-order valence-corrected chi connectivity index (χ1v) is 9.01. The summed E-state index contributed by atoms with van der Waals surface area (Å²) in [7, 11) is 1.89. The van der Waals surface area contributed by atoms with Crippen LogP contribution < -0.4 is 0 Å². The van der Waals surface area contributed by atoms with Crippen LogP contribution in [0.4, 0.5) is 0 Å². The first-order chi connectivity index (χ1) is 10.5. The monoisotopic (exact) mass is 322 g/mol. The second-order valence-electron chi connectivity index (χ2n) is 5.99. The number of likely N-dealkylation sites (N-methyl/N-ethyl adjacent to an activating group) is 1. The fourth-order valence-electron chi connectivity index (χ4n) is 2.74. The number of nitrogens with zero attached hydrogens (tertiary/aromatic N) is 2. The van der Waals surface area contributed by atoms with Gasteiger partial charge in [0.15, 0.2) is 0 Å². The fourth-order valence-corrected chi connectivity index (χ4v) is 3.67.